The molecule has 3 rings (SSSR count). The number of rotatable bonds is 6. The summed E-state index contributed by atoms with van der Waals surface area (Å²) in [5.74, 6) is -0.483. The summed E-state index contributed by atoms with van der Waals surface area (Å²) in [5, 5.41) is 69.3. The Hall–Kier alpha value is -0.970. The first-order valence-electron chi connectivity index (χ1n) is 9.16. The molecule has 13 nitrogen and oxygen atoms in total. The van der Waals surface area contributed by atoms with Crippen molar-refractivity contribution in [3.63, 3.8) is 0 Å². The lowest BCUT2D eigenvalue weighted by Gasteiger charge is -2.46. The van der Waals surface area contributed by atoms with E-state index in [-0.39, 0.29) is 13.0 Å². The number of hydrogen-bond donors (Lipinski definition) is 7. The molecule has 0 aromatic carbocycles. The first-order chi connectivity index (χ1) is 13.8. The van der Waals surface area contributed by atoms with Crippen LogP contribution in [0, 0.1) is 0 Å². The topological polar surface area (TPSA) is 205 Å². The fraction of sp³-hybridized carbons (Fsp3) is 0.938. The molecular formula is C16H26O13. The quantitative estimate of drug-likeness (QED) is 0.199. The smallest absolute Gasteiger partial charge is 0.308 e. The average Bonchev–Trinajstić information content (AvgIpc) is 3.12. The van der Waals surface area contributed by atoms with Crippen LogP contribution in [0.5, 0.6) is 0 Å². The summed E-state index contributed by atoms with van der Waals surface area (Å²) in [4.78, 5) is 11.2. The molecule has 29 heavy (non-hydrogen) atoms. The second-order valence-corrected chi connectivity index (χ2v) is 7.15. The van der Waals surface area contributed by atoms with Crippen molar-refractivity contribution in [2.24, 2.45) is 0 Å². The van der Waals surface area contributed by atoms with Gasteiger partial charge in [0.2, 0.25) is 0 Å². The lowest BCUT2D eigenvalue weighted by Crippen LogP contribution is -2.64. The van der Waals surface area contributed by atoms with E-state index in [1.807, 2.05) is 0 Å². The van der Waals surface area contributed by atoms with Crippen molar-refractivity contribution >= 4 is 5.97 Å². The maximum atomic E-state index is 11.2. The molecule has 0 spiro atoms. The Morgan fingerprint density at radius 3 is 1.97 bits per heavy atom. The Morgan fingerprint density at radius 2 is 1.38 bits per heavy atom. The number of carbonyl (C=O) groups excluding carboxylic acids is 1. The van der Waals surface area contributed by atoms with E-state index in [0.717, 1.165) is 0 Å². The zero-order valence-corrected chi connectivity index (χ0v) is 15.3. The molecule has 11 atom stereocenters. The number of ether oxygens (including phenoxy) is 5. The molecule has 0 bridgehead atoms. The molecule has 0 aliphatic carbocycles. The average molecular weight is 426 g/mol. The summed E-state index contributed by atoms with van der Waals surface area (Å²) >= 11 is 0. The van der Waals surface area contributed by atoms with Crippen LogP contribution in [0.1, 0.15) is 6.42 Å². The third kappa shape index (κ3) is 4.70. The van der Waals surface area contributed by atoms with Gasteiger partial charge < -0.3 is 59.4 Å². The predicted octanol–water partition coefficient (Wildman–Crippen LogP) is -5.06. The van der Waals surface area contributed by atoms with E-state index in [2.05, 4.69) is 0 Å². The number of cyclic esters (lactones) is 1. The van der Waals surface area contributed by atoms with Gasteiger partial charge >= 0.3 is 5.97 Å². The molecule has 3 aliphatic rings. The third-order valence-electron chi connectivity index (χ3n) is 5.11. The molecular weight excluding hydrogens is 400 g/mol. The Morgan fingerprint density at radius 1 is 0.793 bits per heavy atom. The van der Waals surface area contributed by atoms with Gasteiger partial charge in [-0.05, 0) is 0 Å². The van der Waals surface area contributed by atoms with E-state index in [4.69, 9.17) is 23.7 Å². The molecule has 3 heterocycles. The van der Waals surface area contributed by atoms with E-state index in [1.54, 1.807) is 0 Å². The fourth-order valence-corrected chi connectivity index (χ4v) is 3.43. The van der Waals surface area contributed by atoms with Gasteiger partial charge in [0.25, 0.3) is 0 Å². The predicted molar refractivity (Wildman–Crippen MR) is 86.8 cm³/mol. The molecule has 3 fully saturated rings. The van der Waals surface area contributed by atoms with Crippen molar-refractivity contribution in [3.8, 4) is 0 Å². The Labute approximate surface area is 164 Å². The van der Waals surface area contributed by atoms with Crippen LogP contribution in [0.4, 0.5) is 0 Å². The highest BCUT2D eigenvalue weighted by molar-refractivity contribution is 5.71. The van der Waals surface area contributed by atoms with Gasteiger partial charge in [0.15, 0.2) is 12.6 Å². The summed E-state index contributed by atoms with van der Waals surface area (Å²) < 4.78 is 26.3. The van der Waals surface area contributed by atoms with Crippen LogP contribution in [0.3, 0.4) is 0 Å². The van der Waals surface area contributed by atoms with Crippen LogP contribution < -0.4 is 0 Å². The molecule has 168 valence electrons. The SMILES string of the molecule is O=C1CC(O[C@@H]2O[C@H](CO)[C@@H](O[C@@H]3O[C@H](CO)[C@@H](O)[C@H](O)[C@H]3O)[C@H](O)[C@H]2O)CO1. The van der Waals surface area contributed by atoms with Crippen molar-refractivity contribution in [3.05, 3.63) is 0 Å². The molecule has 0 aromatic rings. The number of aliphatic hydroxyl groups excluding tert-OH is 7. The molecule has 13 heteroatoms. The van der Waals surface area contributed by atoms with E-state index in [9.17, 15) is 40.5 Å². The van der Waals surface area contributed by atoms with Gasteiger partial charge in [-0.1, -0.05) is 0 Å². The maximum Gasteiger partial charge on any atom is 0.308 e. The largest absolute Gasteiger partial charge is 0.463 e. The minimum Gasteiger partial charge on any atom is -0.463 e. The van der Waals surface area contributed by atoms with Crippen molar-refractivity contribution in [1.29, 1.82) is 0 Å². The molecule has 3 aliphatic heterocycles. The van der Waals surface area contributed by atoms with E-state index >= 15 is 0 Å². The van der Waals surface area contributed by atoms with Crippen molar-refractivity contribution in [1.82, 2.24) is 0 Å². The summed E-state index contributed by atoms with van der Waals surface area (Å²) in [7, 11) is 0. The molecule has 0 amide bonds. The van der Waals surface area contributed by atoms with Crippen molar-refractivity contribution in [2.75, 3.05) is 19.8 Å². The first-order valence-corrected chi connectivity index (χ1v) is 9.16. The maximum absolute atomic E-state index is 11.2. The molecule has 0 aromatic heterocycles. The monoisotopic (exact) mass is 426 g/mol. The third-order valence-corrected chi connectivity index (χ3v) is 5.11. The Balaban J connectivity index is 1.67. The number of hydrogen-bond acceptors (Lipinski definition) is 13. The molecule has 0 saturated carbocycles. The zero-order valence-electron chi connectivity index (χ0n) is 15.3. The van der Waals surface area contributed by atoms with Gasteiger partial charge in [-0.2, -0.15) is 0 Å². The van der Waals surface area contributed by atoms with Gasteiger partial charge in [-0.15, -0.1) is 0 Å². The molecule has 3 saturated heterocycles. The highest BCUT2D eigenvalue weighted by atomic mass is 16.7. The van der Waals surface area contributed by atoms with Crippen molar-refractivity contribution in [2.45, 2.75) is 73.9 Å². The molecule has 0 radical (unpaired) electrons. The van der Waals surface area contributed by atoms with Gasteiger partial charge in [0.05, 0.1) is 19.6 Å². The summed E-state index contributed by atoms with van der Waals surface area (Å²) in [6.07, 6.45) is -16.0. The van der Waals surface area contributed by atoms with Gasteiger partial charge in [-0.3, -0.25) is 4.79 Å². The van der Waals surface area contributed by atoms with E-state index in [1.165, 1.54) is 0 Å². The van der Waals surface area contributed by atoms with Crippen molar-refractivity contribution < 1.29 is 64.2 Å². The van der Waals surface area contributed by atoms with Crippen LogP contribution in [0.15, 0.2) is 0 Å². The van der Waals surface area contributed by atoms with Gasteiger partial charge in [0, 0.05) is 0 Å². The normalized spacial score (nSPS) is 48.5. The zero-order chi connectivity index (χ0) is 21.3. The second kappa shape index (κ2) is 9.45. The number of carbonyl (C=O) groups is 1. The summed E-state index contributed by atoms with van der Waals surface area (Å²) in [5.41, 5.74) is 0. The number of aliphatic hydroxyl groups is 7. The van der Waals surface area contributed by atoms with Crippen LogP contribution in [-0.2, 0) is 28.5 Å². The highest BCUT2D eigenvalue weighted by Gasteiger charge is 2.51. The lowest BCUT2D eigenvalue weighted by atomic mass is 9.97. The lowest BCUT2D eigenvalue weighted by molar-refractivity contribution is -0.362. The first kappa shape index (κ1) is 22.7. The standard InChI is InChI=1S/C16H26O13/c17-2-6-9(20)10(21)12(23)16(27-6)29-14-7(3-18)28-15(13(24)11(14)22)26-5-1-8(19)25-4-5/h5-7,9-18,20-24H,1-4H2/t5?,6-,7-,9-,10+,11-,12-,13-,14-,15-,16+/m1/s1. The Bertz CT molecular complexity index is 557. The van der Waals surface area contributed by atoms with E-state index in [0.29, 0.717) is 0 Å². The van der Waals surface area contributed by atoms with Gasteiger partial charge in [0.1, 0.15) is 61.5 Å². The van der Waals surface area contributed by atoms with Crippen LogP contribution in [-0.4, -0.2) is 129 Å². The minimum absolute atomic E-state index is 0.0455. The minimum atomic E-state index is -1.74. The Kier molecular flexibility index (Phi) is 7.40. The highest BCUT2D eigenvalue weighted by Crippen LogP contribution is 2.30. The van der Waals surface area contributed by atoms with E-state index < -0.39 is 86.7 Å². The summed E-state index contributed by atoms with van der Waals surface area (Å²) in [6.45, 7) is -1.40. The number of esters is 1. The van der Waals surface area contributed by atoms with Crippen LogP contribution in [0.25, 0.3) is 0 Å². The summed E-state index contributed by atoms with van der Waals surface area (Å²) in [6, 6.07) is 0. The molecule has 7 N–H and O–H groups in total. The second-order valence-electron chi connectivity index (χ2n) is 7.15. The van der Waals surface area contributed by atoms with Crippen LogP contribution in [0.2, 0.25) is 0 Å². The molecule has 1 unspecified atom stereocenters. The fourth-order valence-electron chi connectivity index (χ4n) is 3.43. The van der Waals surface area contributed by atoms with Crippen LogP contribution >= 0.6 is 0 Å². The van der Waals surface area contributed by atoms with Gasteiger partial charge in [-0.25, -0.2) is 0 Å².